The van der Waals surface area contributed by atoms with Crippen LogP contribution in [0.5, 0.6) is 0 Å². The van der Waals surface area contributed by atoms with Gasteiger partial charge in [-0.3, -0.25) is 0 Å². The Bertz CT molecular complexity index is 280. The fourth-order valence-electron chi connectivity index (χ4n) is 2.33. The molecule has 16 heavy (non-hydrogen) atoms. The van der Waals surface area contributed by atoms with Crippen molar-refractivity contribution in [2.75, 3.05) is 0 Å². The molecule has 0 heterocycles. The summed E-state index contributed by atoms with van der Waals surface area (Å²) in [7, 11) is 0. The van der Waals surface area contributed by atoms with Gasteiger partial charge in [-0.2, -0.15) is 0 Å². The average Bonchev–Trinajstić information content (AvgIpc) is 2.50. The lowest BCUT2D eigenvalue weighted by atomic mass is 9.91. The summed E-state index contributed by atoms with van der Waals surface area (Å²) in [6, 6.07) is 0. The maximum Gasteiger partial charge on any atom is -0.0168 e. The number of hydrogen-bond acceptors (Lipinski definition) is 0. The summed E-state index contributed by atoms with van der Waals surface area (Å²) in [6.45, 7) is 10.8. The standard InChI is InChI=1S/C16H26/c1-5-13(2)9-11-15(4)16-8-6-7-14(3)10-12-16/h5,9,11,14,16H,4,6-8,10,12H2,1-3H3. The van der Waals surface area contributed by atoms with Gasteiger partial charge in [0.05, 0.1) is 0 Å². The summed E-state index contributed by atoms with van der Waals surface area (Å²) >= 11 is 0. The molecule has 0 aromatic carbocycles. The van der Waals surface area contributed by atoms with Gasteiger partial charge in [0.2, 0.25) is 0 Å². The highest BCUT2D eigenvalue weighted by atomic mass is 14.2. The summed E-state index contributed by atoms with van der Waals surface area (Å²) in [5.41, 5.74) is 2.65. The summed E-state index contributed by atoms with van der Waals surface area (Å²) < 4.78 is 0. The van der Waals surface area contributed by atoms with Gasteiger partial charge >= 0.3 is 0 Å². The van der Waals surface area contributed by atoms with Crippen LogP contribution < -0.4 is 0 Å². The zero-order valence-electron chi connectivity index (χ0n) is 11.1. The molecule has 1 rings (SSSR count). The minimum absolute atomic E-state index is 0.728. The molecular formula is C16H26. The molecule has 0 aliphatic heterocycles. The summed E-state index contributed by atoms with van der Waals surface area (Å²) in [5.74, 6) is 1.64. The normalized spacial score (nSPS) is 28.1. The molecular weight excluding hydrogens is 192 g/mol. The van der Waals surface area contributed by atoms with Gasteiger partial charge in [-0.25, -0.2) is 0 Å². The van der Waals surface area contributed by atoms with E-state index in [1.54, 1.807) is 0 Å². The van der Waals surface area contributed by atoms with E-state index in [1.807, 2.05) is 0 Å². The molecule has 0 bridgehead atoms. The molecule has 2 unspecified atom stereocenters. The zero-order chi connectivity index (χ0) is 12.0. The van der Waals surface area contributed by atoms with Gasteiger partial charge in [-0.15, -0.1) is 0 Å². The van der Waals surface area contributed by atoms with Crippen LogP contribution in [-0.2, 0) is 0 Å². The minimum atomic E-state index is 0.728. The highest BCUT2D eigenvalue weighted by Crippen LogP contribution is 2.31. The van der Waals surface area contributed by atoms with E-state index in [2.05, 4.69) is 45.6 Å². The van der Waals surface area contributed by atoms with E-state index >= 15 is 0 Å². The maximum atomic E-state index is 4.24. The van der Waals surface area contributed by atoms with E-state index < -0.39 is 0 Å². The fraction of sp³-hybridized carbons (Fsp3) is 0.625. The molecule has 0 radical (unpaired) electrons. The molecule has 1 aliphatic carbocycles. The van der Waals surface area contributed by atoms with Crippen molar-refractivity contribution in [3.63, 3.8) is 0 Å². The largest absolute Gasteiger partial charge is 0.0955 e. The van der Waals surface area contributed by atoms with E-state index in [-0.39, 0.29) is 0 Å². The van der Waals surface area contributed by atoms with Gasteiger partial charge < -0.3 is 0 Å². The molecule has 1 aliphatic rings. The first-order valence-electron chi connectivity index (χ1n) is 6.63. The molecule has 0 aromatic rings. The lowest BCUT2D eigenvalue weighted by Crippen LogP contribution is -2.00. The molecule has 0 heteroatoms. The Morgan fingerprint density at radius 1 is 1.12 bits per heavy atom. The highest BCUT2D eigenvalue weighted by Gasteiger charge is 2.16. The summed E-state index contributed by atoms with van der Waals surface area (Å²) in [4.78, 5) is 0. The van der Waals surface area contributed by atoms with E-state index in [0.717, 1.165) is 11.8 Å². The van der Waals surface area contributed by atoms with Crippen molar-refractivity contribution in [2.24, 2.45) is 11.8 Å². The Hall–Kier alpha value is -0.780. The van der Waals surface area contributed by atoms with Gasteiger partial charge in [0.1, 0.15) is 0 Å². The SMILES string of the molecule is C=C(C=CC(C)=CC)C1CCCC(C)CC1. The Balaban J connectivity index is 2.50. The second-order valence-corrected chi connectivity index (χ2v) is 5.25. The lowest BCUT2D eigenvalue weighted by Gasteiger charge is -2.14. The van der Waals surface area contributed by atoms with Crippen molar-refractivity contribution in [3.8, 4) is 0 Å². The maximum absolute atomic E-state index is 4.24. The van der Waals surface area contributed by atoms with Crippen LogP contribution in [0, 0.1) is 11.8 Å². The van der Waals surface area contributed by atoms with Crippen LogP contribution in [0.2, 0.25) is 0 Å². The first kappa shape index (κ1) is 13.3. The van der Waals surface area contributed by atoms with E-state index in [4.69, 9.17) is 0 Å². The second-order valence-electron chi connectivity index (χ2n) is 5.25. The highest BCUT2D eigenvalue weighted by molar-refractivity contribution is 5.26. The molecule has 0 saturated heterocycles. The molecule has 2 atom stereocenters. The Morgan fingerprint density at radius 3 is 2.56 bits per heavy atom. The third-order valence-corrected chi connectivity index (χ3v) is 3.80. The topological polar surface area (TPSA) is 0 Å². The van der Waals surface area contributed by atoms with Crippen molar-refractivity contribution in [3.05, 3.63) is 36.0 Å². The van der Waals surface area contributed by atoms with Crippen molar-refractivity contribution in [2.45, 2.75) is 52.9 Å². The molecule has 1 fully saturated rings. The van der Waals surface area contributed by atoms with Crippen molar-refractivity contribution in [1.29, 1.82) is 0 Å². The number of rotatable bonds is 3. The Morgan fingerprint density at radius 2 is 1.88 bits per heavy atom. The third kappa shape index (κ3) is 4.38. The van der Waals surface area contributed by atoms with Crippen LogP contribution in [-0.4, -0.2) is 0 Å². The van der Waals surface area contributed by atoms with Crippen LogP contribution in [0.1, 0.15) is 52.9 Å². The smallest absolute Gasteiger partial charge is 0.0168 e. The lowest BCUT2D eigenvalue weighted by molar-refractivity contribution is 0.490. The van der Waals surface area contributed by atoms with Crippen molar-refractivity contribution < 1.29 is 0 Å². The molecule has 0 nitrogen and oxygen atoms in total. The zero-order valence-corrected chi connectivity index (χ0v) is 11.1. The van der Waals surface area contributed by atoms with Crippen LogP contribution in [0.25, 0.3) is 0 Å². The van der Waals surface area contributed by atoms with Crippen LogP contribution in [0.3, 0.4) is 0 Å². The van der Waals surface area contributed by atoms with Crippen molar-refractivity contribution in [1.82, 2.24) is 0 Å². The molecule has 0 aromatic heterocycles. The molecule has 0 N–H and O–H groups in total. The minimum Gasteiger partial charge on any atom is -0.0955 e. The quantitative estimate of drug-likeness (QED) is 0.446. The average molecular weight is 218 g/mol. The molecule has 1 saturated carbocycles. The fourth-order valence-corrected chi connectivity index (χ4v) is 2.33. The van der Waals surface area contributed by atoms with Crippen LogP contribution in [0.4, 0.5) is 0 Å². The first-order valence-corrected chi connectivity index (χ1v) is 6.63. The monoisotopic (exact) mass is 218 g/mol. The van der Waals surface area contributed by atoms with E-state index in [9.17, 15) is 0 Å². The summed E-state index contributed by atoms with van der Waals surface area (Å²) in [6.07, 6.45) is 13.4. The van der Waals surface area contributed by atoms with Crippen LogP contribution in [0.15, 0.2) is 36.0 Å². The predicted octanol–water partition coefficient (Wildman–Crippen LogP) is 5.28. The number of hydrogen-bond donors (Lipinski definition) is 0. The second kappa shape index (κ2) is 6.73. The molecule has 90 valence electrons. The van der Waals surface area contributed by atoms with Crippen LogP contribution >= 0.6 is 0 Å². The van der Waals surface area contributed by atoms with Gasteiger partial charge in [0.15, 0.2) is 0 Å². The van der Waals surface area contributed by atoms with Gasteiger partial charge in [-0.1, -0.05) is 62.1 Å². The van der Waals surface area contributed by atoms with Gasteiger partial charge in [-0.05, 0) is 38.5 Å². The van der Waals surface area contributed by atoms with Crippen molar-refractivity contribution >= 4 is 0 Å². The van der Waals surface area contributed by atoms with Gasteiger partial charge in [0, 0.05) is 0 Å². The Kier molecular flexibility index (Phi) is 5.59. The third-order valence-electron chi connectivity index (χ3n) is 3.80. The number of allylic oxidation sites excluding steroid dienone is 5. The predicted molar refractivity (Wildman–Crippen MR) is 73.5 cm³/mol. The summed E-state index contributed by atoms with van der Waals surface area (Å²) in [5, 5.41) is 0. The van der Waals surface area contributed by atoms with Gasteiger partial charge in [0.25, 0.3) is 0 Å². The molecule has 0 spiro atoms. The van der Waals surface area contributed by atoms with E-state index in [1.165, 1.54) is 43.3 Å². The first-order chi connectivity index (χ1) is 7.63. The Labute approximate surface area is 101 Å². The molecule has 0 amide bonds. The van der Waals surface area contributed by atoms with E-state index in [0.29, 0.717) is 0 Å².